The van der Waals surface area contributed by atoms with E-state index in [9.17, 15) is 0 Å². The van der Waals surface area contributed by atoms with Gasteiger partial charge in [-0.25, -0.2) is 0 Å². The molecular weight excluding hydrogens is 795 g/mol. The molecule has 11 aromatic carbocycles. The van der Waals surface area contributed by atoms with Gasteiger partial charge >= 0.3 is 0 Å². The Morgan fingerprint density at radius 1 is 0.258 bits per heavy atom. The minimum Gasteiger partial charge on any atom is -0.310 e. The SMILES string of the molecule is c1ccc(-c2ccccc2-c2c(-c3ccccc3)cccc2-c2ccccc2N(c2ccc3c(c2)C(c2ccccc2)(c2ccccc2)c2ccccc2-3)c2ccc3ccccc3c2)cc1. The fourth-order valence-corrected chi connectivity index (χ4v) is 10.7. The van der Waals surface area contributed by atoms with Crippen molar-refractivity contribution >= 4 is 27.8 Å². The third kappa shape index (κ3) is 6.47. The van der Waals surface area contributed by atoms with E-state index in [1.165, 1.54) is 77.5 Å². The molecule has 1 nitrogen and oxygen atoms in total. The second kappa shape index (κ2) is 16.6. The molecule has 11 aromatic rings. The third-order valence-corrected chi connectivity index (χ3v) is 13.6. The molecule has 0 amide bonds. The summed E-state index contributed by atoms with van der Waals surface area (Å²) in [6.07, 6.45) is 0. The Bertz CT molecular complexity index is 3480. The molecule has 0 atom stereocenters. The van der Waals surface area contributed by atoms with Gasteiger partial charge in [0.05, 0.1) is 11.1 Å². The Morgan fingerprint density at radius 2 is 0.727 bits per heavy atom. The first kappa shape index (κ1) is 39.1. The van der Waals surface area contributed by atoms with Crippen molar-refractivity contribution in [3.8, 4) is 55.6 Å². The molecule has 0 heterocycles. The van der Waals surface area contributed by atoms with Crippen LogP contribution in [-0.2, 0) is 5.41 Å². The number of para-hydroxylation sites is 1. The second-order valence-corrected chi connectivity index (χ2v) is 17.1. The van der Waals surface area contributed by atoms with Crippen molar-refractivity contribution in [2.24, 2.45) is 0 Å². The number of hydrogen-bond donors (Lipinski definition) is 0. The first-order valence-electron chi connectivity index (χ1n) is 22.8. The van der Waals surface area contributed by atoms with Gasteiger partial charge in [-0.3, -0.25) is 0 Å². The minimum atomic E-state index is -0.544. The van der Waals surface area contributed by atoms with Gasteiger partial charge in [-0.05, 0) is 113 Å². The van der Waals surface area contributed by atoms with Crippen LogP contribution < -0.4 is 4.90 Å². The van der Waals surface area contributed by atoms with Gasteiger partial charge in [0, 0.05) is 16.9 Å². The Kier molecular flexibility index (Phi) is 9.81. The van der Waals surface area contributed by atoms with Crippen molar-refractivity contribution in [1.29, 1.82) is 0 Å². The molecule has 0 radical (unpaired) electrons. The Hall–Kier alpha value is -8.52. The van der Waals surface area contributed by atoms with E-state index in [4.69, 9.17) is 0 Å². The molecule has 1 aliphatic carbocycles. The van der Waals surface area contributed by atoms with E-state index in [0.29, 0.717) is 0 Å². The number of rotatable bonds is 9. The molecule has 66 heavy (non-hydrogen) atoms. The average Bonchev–Trinajstić information content (AvgIpc) is 3.70. The fraction of sp³-hybridized carbons (Fsp3) is 0.0154. The van der Waals surface area contributed by atoms with Crippen molar-refractivity contribution in [2.75, 3.05) is 4.90 Å². The number of nitrogens with zero attached hydrogens (tertiary/aromatic N) is 1. The lowest BCUT2D eigenvalue weighted by molar-refractivity contribution is 0.768. The summed E-state index contributed by atoms with van der Waals surface area (Å²) in [4.78, 5) is 2.49. The summed E-state index contributed by atoms with van der Waals surface area (Å²) in [5.74, 6) is 0. The summed E-state index contributed by atoms with van der Waals surface area (Å²) in [5, 5.41) is 2.40. The predicted molar refractivity (Wildman–Crippen MR) is 278 cm³/mol. The highest BCUT2D eigenvalue weighted by atomic mass is 15.1. The van der Waals surface area contributed by atoms with Crippen LogP contribution in [0.1, 0.15) is 22.3 Å². The highest BCUT2D eigenvalue weighted by Gasteiger charge is 2.46. The van der Waals surface area contributed by atoms with Gasteiger partial charge in [0.15, 0.2) is 0 Å². The molecule has 0 N–H and O–H groups in total. The van der Waals surface area contributed by atoms with Crippen LogP contribution >= 0.6 is 0 Å². The van der Waals surface area contributed by atoms with Crippen molar-refractivity contribution in [3.63, 3.8) is 0 Å². The van der Waals surface area contributed by atoms with E-state index in [0.717, 1.165) is 28.2 Å². The summed E-state index contributed by atoms with van der Waals surface area (Å²) in [7, 11) is 0. The van der Waals surface area contributed by atoms with E-state index in [1.807, 2.05) is 0 Å². The van der Waals surface area contributed by atoms with Crippen LogP contribution in [0.4, 0.5) is 17.1 Å². The molecule has 0 aromatic heterocycles. The maximum absolute atomic E-state index is 2.49. The summed E-state index contributed by atoms with van der Waals surface area (Å²) in [6.45, 7) is 0. The first-order valence-corrected chi connectivity index (χ1v) is 22.8. The number of fused-ring (bicyclic) bond motifs is 4. The maximum atomic E-state index is 2.49. The lowest BCUT2D eigenvalue weighted by atomic mass is 9.67. The molecule has 12 rings (SSSR count). The predicted octanol–water partition coefficient (Wildman–Crippen LogP) is 17.3. The van der Waals surface area contributed by atoms with Crippen LogP contribution in [0.25, 0.3) is 66.4 Å². The summed E-state index contributed by atoms with van der Waals surface area (Å²) in [6, 6.07) is 100. The molecule has 0 saturated carbocycles. The number of benzene rings is 11. The first-order chi connectivity index (χ1) is 32.8. The maximum Gasteiger partial charge on any atom is 0.0714 e. The minimum absolute atomic E-state index is 0.544. The molecule has 0 aliphatic heterocycles. The lowest BCUT2D eigenvalue weighted by Gasteiger charge is -2.35. The quantitative estimate of drug-likeness (QED) is 0.140. The van der Waals surface area contributed by atoms with Gasteiger partial charge in [0.25, 0.3) is 0 Å². The molecule has 0 unspecified atom stereocenters. The molecule has 0 saturated heterocycles. The summed E-state index contributed by atoms with van der Waals surface area (Å²) >= 11 is 0. The van der Waals surface area contributed by atoms with Crippen LogP contribution in [0.2, 0.25) is 0 Å². The van der Waals surface area contributed by atoms with Crippen LogP contribution in [0, 0.1) is 0 Å². The zero-order valence-electron chi connectivity index (χ0n) is 36.4. The van der Waals surface area contributed by atoms with E-state index >= 15 is 0 Å². The topological polar surface area (TPSA) is 3.24 Å². The Labute approximate surface area is 387 Å². The standard InChI is InChI=1S/C65H45N/c1-5-23-47(24-6-1)54-32-15-16-35-59(54)64-55(48-25-7-2-8-26-48)36-21-37-60(64)58-34-18-20-39-63(58)66(52-41-40-46-22-13-14-27-49(46)44-52)53-42-43-57-56-33-17-19-38-61(56)65(62(57)45-53,50-28-9-3-10-29-50)51-30-11-4-12-31-51/h1-45H. The van der Waals surface area contributed by atoms with Gasteiger partial charge in [-0.2, -0.15) is 0 Å². The summed E-state index contributed by atoms with van der Waals surface area (Å²) in [5.41, 5.74) is 19.8. The van der Waals surface area contributed by atoms with Gasteiger partial charge < -0.3 is 4.90 Å². The molecule has 310 valence electrons. The van der Waals surface area contributed by atoms with Crippen LogP contribution in [0.5, 0.6) is 0 Å². The van der Waals surface area contributed by atoms with E-state index in [2.05, 4.69) is 278 Å². The van der Waals surface area contributed by atoms with Crippen LogP contribution in [0.15, 0.2) is 273 Å². The van der Waals surface area contributed by atoms with E-state index in [1.54, 1.807) is 0 Å². The van der Waals surface area contributed by atoms with Crippen LogP contribution in [-0.4, -0.2) is 0 Å². The largest absolute Gasteiger partial charge is 0.310 e. The lowest BCUT2D eigenvalue weighted by Crippen LogP contribution is -2.28. The Morgan fingerprint density at radius 3 is 1.42 bits per heavy atom. The zero-order chi connectivity index (χ0) is 43.9. The van der Waals surface area contributed by atoms with E-state index in [-0.39, 0.29) is 0 Å². The molecule has 1 heteroatoms. The molecular formula is C65H45N. The molecule has 0 fully saturated rings. The van der Waals surface area contributed by atoms with Crippen molar-refractivity contribution in [1.82, 2.24) is 0 Å². The van der Waals surface area contributed by atoms with Crippen molar-refractivity contribution in [3.05, 3.63) is 295 Å². The average molecular weight is 840 g/mol. The van der Waals surface area contributed by atoms with E-state index < -0.39 is 5.41 Å². The normalized spacial score (nSPS) is 12.4. The summed E-state index contributed by atoms with van der Waals surface area (Å²) < 4.78 is 0. The Balaban J connectivity index is 1.15. The van der Waals surface area contributed by atoms with Gasteiger partial charge in [0.2, 0.25) is 0 Å². The van der Waals surface area contributed by atoms with Crippen LogP contribution in [0.3, 0.4) is 0 Å². The van der Waals surface area contributed by atoms with Gasteiger partial charge in [0.1, 0.15) is 0 Å². The van der Waals surface area contributed by atoms with Gasteiger partial charge in [-0.1, -0.05) is 243 Å². The highest BCUT2D eigenvalue weighted by molar-refractivity contribution is 6.03. The molecule has 0 spiro atoms. The molecule has 1 aliphatic rings. The third-order valence-electron chi connectivity index (χ3n) is 13.6. The smallest absolute Gasteiger partial charge is 0.0714 e. The number of anilines is 3. The second-order valence-electron chi connectivity index (χ2n) is 17.1. The van der Waals surface area contributed by atoms with Crippen molar-refractivity contribution in [2.45, 2.75) is 5.41 Å². The zero-order valence-corrected chi connectivity index (χ0v) is 36.4. The monoisotopic (exact) mass is 839 g/mol. The number of hydrogen-bond acceptors (Lipinski definition) is 1. The molecule has 0 bridgehead atoms. The highest BCUT2D eigenvalue weighted by Crippen LogP contribution is 2.58. The van der Waals surface area contributed by atoms with Crippen molar-refractivity contribution < 1.29 is 0 Å². The fourth-order valence-electron chi connectivity index (χ4n) is 10.7. The van der Waals surface area contributed by atoms with Gasteiger partial charge in [-0.15, -0.1) is 0 Å².